The molecule has 0 unspecified atom stereocenters. The molecule has 0 fully saturated rings. The molecule has 0 aromatic carbocycles. The van der Waals surface area contributed by atoms with E-state index >= 15 is 0 Å². The van der Waals surface area contributed by atoms with E-state index < -0.39 is 0 Å². The summed E-state index contributed by atoms with van der Waals surface area (Å²) in [7, 11) is 0. The van der Waals surface area contributed by atoms with Gasteiger partial charge in [-0.25, -0.2) is 4.98 Å². The predicted octanol–water partition coefficient (Wildman–Crippen LogP) is 1.68. The van der Waals surface area contributed by atoms with Gasteiger partial charge in [-0.05, 0) is 26.8 Å². The van der Waals surface area contributed by atoms with Crippen LogP contribution in [0.4, 0.5) is 5.95 Å². The average Bonchev–Trinajstić information content (AvgIpc) is 2.28. The smallest absolute Gasteiger partial charge is 0.225 e. The Balaban J connectivity index is 2.32. The van der Waals surface area contributed by atoms with E-state index in [2.05, 4.69) is 27.5 Å². The first-order chi connectivity index (χ1) is 8.22. The summed E-state index contributed by atoms with van der Waals surface area (Å²) in [4.78, 5) is 8.39. The van der Waals surface area contributed by atoms with E-state index in [1.165, 1.54) is 0 Å². The Hall–Kier alpha value is -1.36. The van der Waals surface area contributed by atoms with Gasteiger partial charge in [-0.3, -0.25) is 0 Å². The summed E-state index contributed by atoms with van der Waals surface area (Å²) in [6.07, 6.45) is 2.98. The maximum atomic E-state index is 5.49. The second-order valence-corrected chi connectivity index (χ2v) is 4.06. The van der Waals surface area contributed by atoms with Crippen LogP contribution in [-0.2, 0) is 0 Å². The first-order valence-corrected chi connectivity index (χ1v) is 6.16. The average molecular weight is 238 g/mol. The van der Waals surface area contributed by atoms with Crippen molar-refractivity contribution in [3.8, 4) is 5.88 Å². The summed E-state index contributed by atoms with van der Waals surface area (Å²) in [5.41, 5.74) is 0. The quantitative estimate of drug-likeness (QED) is 0.675. The van der Waals surface area contributed by atoms with Gasteiger partial charge in [0.05, 0.1) is 6.10 Å². The molecule has 0 spiro atoms. The van der Waals surface area contributed by atoms with Crippen LogP contribution in [0.25, 0.3) is 0 Å². The Morgan fingerprint density at radius 2 is 2.12 bits per heavy atom. The van der Waals surface area contributed by atoms with Gasteiger partial charge in [0.2, 0.25) is 11.8 Å². The van der Waals surface area contributed by atoms with Gasteiger partial charge in [-0.15, -0.1) is 0 Å². The van der Waals surface area contributed by atoms with Gasteiger partial charge in [0, 0.05) is 25.4 Å². The van der Waals surface area contributed by atoms with Crippen LogP contribution in [0.3, 0.4) is 0 Å². The van der Waals surface area contributed by atoms with Gasteiger partial charge in [0.15, 0.2) is 0 Å². The highest BCUT2D eigenvalue weighted by Crippen LogP contribution is 2.09. The van der Waals surface area contributed by atoms with Gasteiger partial charge in [0.1, 0.15) is 0 Å². The summed E-state index contributed by atoms with van der Waals surface area (Å²) in [6, 6.07) is 1.76. The molecule has 0 aliphatic carbocycles. The molecule has 0 aliphatic rings. The SMILES string of the molecule is CCCNCCNc1nccc(OC(C)C)n1. The zero-order valence-electron chi connectivity index (χ0n) is 10.9. The third-order valence-electron chi connectivity index (χ3n) is 2.00. The number of hydrogen-bond donors (Lipinski definition) is 2. The number of nitrogens with zero attached hydrogens (tertiary/aromatic N) is 2. The monoisotopic (exact) mass is 238 g/mol. The summed E-state index contributed by atoms with van der Waals surface area (Å²) in [5, 5.41) is 6.46. The van der Waals surface area contributed by atoms with E-state index in [4.69, 9.17) is 4.74 Å². The fourth-order valence-electron chi connectivity index (χ4n) is 1.30. The first kappa shape index (κ1) is 13.7. The van der Waals surface area contributed by atoms with Crippen molar-refractivity contribution in [2.24, 2.45) is 0 Å². The lowest BCUT2D eigenvalue weighted by Crippen LogP contribution is -2.23. The van der Waals surface area contributed by atoms with Crippen molar-refractivity contribution in [2.45, 2.75) is 33.3 Å². The number of nitrogens with one attached hydrogen (secondary N) is 2. The minimum absolute atomic E-state index is 0.129. The zero-order valence-corrected chi connectivity index (χ0v) is 10.9. The van der Waals surface area contributed by atoms with Crippen LogP contribution >= 0.6 is 0 Å². The van der Waals surface area contributed by atoms with E-state index in [0.29, 0.717) is 11.8 Å². The molecule has 2 N–H and O–H groups in total. The maximum absolute atomic E-state index is 5.49. The Morgan fingerprint density at radius 3 is 2.82 bits per heavy atom. The molecule has 0 saturated carbocycles. The van der Waals surface area contributed by atoms with Crippen molar-refractivity contribution in [3.05, 3.63) is 12.3 Å². The highest BCUT2D eigenvalue weighted by atomic mass is 16.5. The Labute approximate surface area is 103 Å². The van der Waals surface area contributed by atoms with Gasteiger partial charge < -0.3 is 15.4 Å². The first-order valence-electron chi connectivity index (χ1n) is 6.16. The molecule has 0 aliphatic heterocycles. The van der Waals surface area contributed by atoms with Crippen LogP contribution < -0.4 is 15.4 Å². The summed E-state index contributed by atoms with van der Waals surface area (Å²) in [5.74, 6) is 1.22. The third kappa shape index (κ3) is 6.06. The summed E-state index contributed by atoms with van der Waals surface area (Å²) in [6.45, 7) is 8.86. The van der Waals surface area contributed by atoms with E-state index in [0.717, 1.165) is 26.1 Å². The second-order valence-electron chi connectivity index (χ2n) is 4.06. The van der Waals surface area contributed by atoms with Crippen LogP contribution in [0.5, 0.6) is 5.88 Å². The topological polar surface area (TPSA) is 59.1 Å². The van der Waals surface area contributed by atoms with Crippen molar-refractivity contribution in [2.75, 3.05) is 25.0 Å². The summed E-state index contributed by atoms with van der Waals surface area (Å²) < 4.78 is 5.49. The minimum Gasteiger partial charge on any atom is -0.475 e. The molecule has 0 radical (unpaired) electrons. The molecule has 1 rings (SSSR count). The van der Waals surface area contributed by atoms with Crippen molar-refractivity contribution in [1.29, 1.82) is 0 Å². The molecule has 0 bridgehead atoms. The zero-order chi connectivity index (χ0) is 12.5. The number of rotatable bonds is 8. The van der Waals surface area contributed by atoms with Crippen LogP contribution in [-0.4, -0.2) is 35.7 Å². The van der Waals surface area contributed by atoms with Crippen LogP contribution in [0, 0.1) is 0 Å². The van der Waals surface area contributed by atoms with Crippen molar-refractivity contribution < 1.29 is 4.74 Å². The van der Waals surface area contributed by atoms with Gasteiger partial charge in [-0.2, -0.15) is 4.98 Å². The van der Waals surface area contributed by atoms with Crippen LogP contribution in [0.15, 0.2) is 12.3 Å². The normalized spacial score (nSPS) is 10.6. The van der Waals surface area contributed by atoms with E-state index in [1.54, 1.807) is 12.3 Å². The molecular weight excluding hydrogens is 216 g/mol. The molecular formula is C12H22N4O. The van der Waals surface area contributed by atoms with E-state index in [9.17, 15) is 0 Å². The number of ether oxygens (including phenoxy) is 1. The molecule has 0 saturated heterocycles. The van der Waals surface area contributed by atoms with Gasteiger partial charge >= 0.3 is 0 Å². The largest absolute Gasteiger partial charge is 0.475 e. The third-order valence-corrected chi connectivity index (χ3v) is 2.00. The Kier molecular flexibility index (Phi) is 6.32. The highest BCUT2D eigenvalue weighted by Gasteiger charge is 2.01. The molecule has 0 atom stereocenters. The predicted molar refractivity (Wildman–Crippen MR) is 69.4 cm³/mol. The second kappa shape index (κ2) is 7.84. The lowest BCUT2D eigenvalue weighted by molar-refractivity contribution is 0.232. The molecule has 96 valence electrons. The molecule has 17 heavy (non-hydrogen) atoms. The lowest BCUT2D eigenvalue weighted by Gasteiger charge is -2.10. The van der Waals surface area contributed by atoms with Gasteiger partial charge in [0.25, 0.3) is 0 Å². The minimum atomic E-state index is 0.129. The fraction of sp³-hybridized carbons (Fsp3) is 0.667. The molecule has 1 heterocycles. The molecule has 5 nitrogen and oxygen atoms in total. The lowest BCUT2D eigenvalue weighted by atomic mass is 10.5. The van der Waals surface area contributed by atoms with Gasteiger partial charge in [-0.1, -0.05) is 6.92 Å². The number of hydrogen-bond acceptors (Lipinski definition) is 5. The maximum Gasteiger partial charge on any atom is 0.225 e. The number of anilines is 1. The Bertz CT molecular complexity index is 317. The molecule has 1 aromatic rings. The molecule has 0 amide bonds. The van der Waals surface area contributed by atoms with Crippen molar-refractivity contribution in [1.82, 2.24) is 15.3 Å². The number of aromatic nitrogens is 2. The fourth-order valence-corrected chi connectivity index (χ4v) is 1.30. The van der Waals surface area contributed by atoms with Crippen LogP contribution in [0.1, 0.15) is 27.2 Å². The van der Waals surface area contributed by atoms with E-state index in [-0.39, 0.29) is 6.10 Å². The van der Waals surface area contributed by atoms with E-state index in [1.807, 2.05) is 13.8 Å². The van der Waals surface area contributed by atoms with Crippen molar-refractivity contribution >= 4 is 5.95 Å². The standard InChI is InChI=1S/C12H22N4O/c1-4-6-13-8-9-15-12-14-7-5-11(16-12)17-10(2)3/h5,7,10,13H,4,6,8-9H2,1-3H3,(H,14,15,16). The summed E-state index contributed by atoms with van der Waals surface area (Å²) >= 11 is 0. The Morgan fingerprint density at radius 1 is 1.29 bits per heavy atom. The van der Waals surface area contributed by atoms with Crippen LogP contribution in [0.2, 0.25) is 0 Å². The highest BCUT2D eigenvalue weighted by molar-refractivity contribution is 5.27. The molecule has 5 heteroatoms. The molecule has 1 aromatic heterocycles. The van der Waals surface area contributed by atoms with Crippen molar-refractivity contribution in [3.63, 3.8) is 0 Å².